The number of aryl methyl sites for hydroxylation is 1. The lowest BCUT2D eigenvalue weighted by Gasteiger charge is -2.37. The molecule has 0 saturated carbocycles. The van der Waals surface area contributed by atoms with Gasteiger partial charge in [-0.15, -0.1) is 0 Å². The molecule has 170 valence electrons. The molecule has 1 amide bonds. The van der Waals surface area contributed by atoms with E-state index in [1.165, 1.54) is 5.56 Å². The maximum atomic E-state index is 12.0. The van der Waals surface area contributed by atoms with Gasteiger partial charge in [-0.1, -0.05) is 36.4 Å². The molecule has 2 aromatic carbocycles. The van der Waals surface area contributed by atoms with Crippen LogP contribution >= 0.6 is 0 Å². The van der Waals surface area contributed by atoms with Crippen molar-refractivity contribution in [3.63, 3.8) is 0 Å². The second-order valence-electron chi connectivity index (χ2n) is 9.16. The third-order valence-electron chi connectivity index (χ3n) is 7.07. The summed E-state index contributed by atoms with van der Waals surface area (Å²) in [5, 5.41) is 1.05. The van der Waals surface area contributed by atoms with Crippen molar-refractivity contribution >= 4 is 28.8 Å². The quantitative estimate of drug-likeness (QED) is 0.483. The van der Waals surface area contributed by atoms with Crippen molar-refractivity contribution in [2.24, 2.45) is 0 Å². The molecule has 1 saturated heterocycles. The van der Waals surface area contributed by atoms with Crippen LogP contribution < -0.4 is 10.6 Å². The van der Waals surface area contributed by atoms with E-state index in [0.29, 0.717) is 19.0 Å². The van der Waals surface area contributed by atoms with E-state index in [0.717, 1.165) is 52.8 Å². The molecule has 5 rings (SSSR count). The van der Waals surface area contributed by atoms with Gasteiger partial charge in [-0.05, 0) is 61.2 Å². The molecule has 0 radical (unpaired) electrons. The van der Waals surface area contributed by atoms with Crippen LogP contribution in [0.15, 0.2) is 54.6 Å². The summed E-state index contributed by atoms with van der Waals surface area (Å²) in [5.74, 6) is 0.549. The van der Waals surface area contributed by atoms with Crippen LogP contribution in [-0.2, 0) is 15.1 Å². The Labute approximate surface area is 194 Å². The van der Waals surface area contributed by atoms with Gasteiger partial charge in [0.05, 0.1) is 30.0 Å². The van der Waals surface area contributed by atoms with E-state index in [1.807, 2.05) is 17.9 Å². The summed E-state index contributed by atoms with van der Waals surface area (Å²) in [5.41, 5.74) is 12.2. The minimum Gasteiger partial charge on any atom is -0.382 e. The number of amides is 1. The molecule has 2 unspecified atom stereocenters. The van der Waals surface area contributed by atoms with E-state index < -0.39 is 5.54 Å². The Hall–Kier alpha value is -3.38. The molecule has 0 spiro atoms. The maximum Gasteiger partial charge on any atom is 0.211 e. The number of carbonyl (C=O) groups is 1. The van der Waals surface area contributed by atoms with Gasteiger partial charge >= 0.3 is 0 Å². The zero-order chi connectivity index (χ0) is 23.2. The third-order valence-corrected chi connectivity index (χ3v) is 7.07. The van der Waals surface area contributed by atoms with Crippen molar-refractivity contribution in [2.45, 2.75) is 32.4 Å². The number of benzene rings is 2. The molecule has 0 bridgehead atoms. The fourth-order valence-corrected chi connectivity index (χ4v) is 5.23. The topological polar surface area (TPSA) is 71.7 Å². The molecule has 0 aliphatic carbocycles. The first kappa shape index (κ1) is 21.5. The number of nitrogen functional groups attached to an aromatic ring is 1. The van der Waals surface area contributed by atoms with Crippen LogP contribution in [0.1, 0.15) is 25.0 Å². The van der Waals surface area contributed by atoms with Crippen LogP contribution in [0.2, 0.25) is 0 Å². The van der Waals surface area contributed by atoms with E-state index in [4.69, 9.17) is 10.5 Å². The minimum atomic E-state index is -0.504. The number of anilines is 2. The van der Waals surface area contributed by atoms with Crippen LogP contribution in [0.4, 0.5) is 11.5 Å². The first-order valence-corrected chi connectivity index (χ1v) is 11.5. The lowest BCUT2D eigenvalue weighted by molar-refractivity contribution is -0.122. The number of ether oxygens (including phenoxy) is 1. The van der Waals surface area contributed by atoms with Crippen molar-refractivity contribution in [1.29, 1.82) is 0 Å². The fraction of sp³-hybridized carbons (Fsp3) is 0.333. The number of nitrogens with two attached hydrogens (primary N) is 1. The standard InChI is InChI=1S/C27H30N4O2/c1-18-5-4-6-22(27(3)10-9-19(2)31(27)17-32)25(18)20-7-8-23-21(15-20)16-24(26(28)29-23)30-11-13-33-14-12-30/h4-10,15-17,19H,11-14H2,1-3H3,(H2,28,29). The van der Waals surface area contributed by atoms with Gasteiger partial charge in [-0.2, -0.15) is 0 Å². The van der Waals surface area contributed by atoms with Gasteiger partial charge in [-0.3, -0.25) is 4.79 Å². The monoisotopic (exact) mass is 442 g/mol. The lowest BCUT2D eigenvalue weighted by Crippen LogP contribution is -2.42. The first-order valence-electron chi connectivity index (χ1n) is 11.5. The van der Waals surface area contributed by atoms with E-state index in [1.54, 1.807) is 0 Å². The Morgan fingerprint density at radius 3 is 2.73 bits per heavy atom. The molecule has 1 fully saturated rings. The summed E-state index contributed by atoms with van der Waals surface area (Å²) < 4.78 is 5.50. The largest absolute Gasteiger partial charge is 0.382 e. The fourth-order valence-electron chi connectivity index (χ4n) is 5.23. The van der Waals surface area contributed by atoms with Crippen LogP contribution in [0, 0.1) is 6.92 Å². The van der Waals surface area contributed by atoms with Crippen molar-refractivity contribution < 1.29 is 9.53 Å². The molecule has 2 aliphatic heterocycles. The molecule has 33 heavy (non-hydrogen) atoms. The summed E-state index contributed by atoms with van der Waals surface area (Å²) >= 11 is 0. The van der Waals surface area contributed by atoms with E-state index in [2.05, 4.69) is 72.3 Å². The number of hydrogen-bond donors (Lipinski definition) is 1. The summed E-state index contributed by atoms with van der Waals surface area (Å²) in [6.07, 6.45) is 5.20. The number of rotatable bonds is 4. The molecule has 6 nitrogen and oxygen atoms in total. The van der Waals surface area contributed by atoms with Crippen molar-refractivity contribution in [3.05, 3.63) is 65.7 Å². The summed E-state index contributed by atoms with van der Waals surface area (Å²) in [4.78, 5) is 20.8. The van der Waals surface area contributed by atoms with Crippen LogP contribution in [0.5, 0.6) is 0 Å². The number of carbonyl (C=O) groups excluding carboxylic acids is 1. The molecule has 2 aliphatic rings. The highest BCUT2D eigenvalue weighted by molar-refractivity contribution is 5.91. The normalized spacial score (nSPS) is 22.8. The van der Waals surface area contributed by atoms with Crippen molar-refractivity contribution in [3.8, 4) is 11.1 Å². The number of aromatic nitrogens is 1. The van der Waals surface area contributed by atoms with Gasteiger partial charge in [0, 0.05) is 24.5 Å². The molecule has 2 atom stereocenters. The highest BCUT2D eigenvalue weighted by Gasteiger charge is 2.39. The van der Waals surface area contributed by atoms with E-state index >= 15 is 0 Å². The van der Waals surface area contributed by atoms with Gasteiger partial charge in [0.25, 0.3) is 0 Å². The first-order chi connectivity index (χ1) is 15.9. The molecule has 3 aromatic rings. The Morgan fingerprint density at radius 1 is 1.18 bits per heavy atom. The second kappa shape index (κ2) is 8.19. The Morgan fingerprint density at radius 2 is 1.97 bits per heavy atom. The molecule has 6 heteroatoms. The Bertz CT molecular complexity index is 1250. The molecular formula is C27H30N4O2. The van der Waals surface area contributed by atoms with Gasteiger partial charge in [0.2, 0.25) is 6.41 Å². The molecule has 3 heterocycles. The predicted molar refractivity (Wildman–Crippen MR) is 133 cm³/mol. The zero-order valence-corrected chi connectivity index (χ0v) is 19.4. The van der Waals surface area contributed by atoms with Gasteiger partial charge in [0.1, 0.15) is 5.82 Å². The number of nitrogens with zero attached hydrogens (tertiary/aromatic N) is 3. The average molecular weight is 443 g/mol. The summed E-state index contributed by atoms with van der Waals surface area (Å²) in [6, 6.07) is 14.8. The molecule has 1 aromatic heterocycles. The van der Waals surface area contributed by atoms with E-state index in [9.17, 15) is 4.79 Å². The van der Waals surface area contributed by atoms with E-state index in [-0.39, 0.29) is 6.04 Å². The molecule has 2 N–H and O–H groups in total. The van der Waals surface area contributed by atoms with Crippen LogP contribution in [0.25, 0.3) is 22.0 Å². The maximum absolute atomic E-state index is 12.0. The molecular weight excluding hydrogens is 412 g/mol. The van der Waals surface area contributed by atoms with Crippen molar-refractivity contribution in [2.75, 3.05) is 36.9 Å². The number of morpholine rings is 1. The third kappa shape index (κ3) is 3.55. The highest BCUT2D eigenvalue weighted by Crippen LogP contribution is 2.42. The highest BCUT2D eigenvalue weighted by atomic mass is 16.5. The van der Waals surface area contributed by atoms with Gasteiger partial charge < -0.3 is 20.3 Å². The number of fused-ring (bicyclic) bond motifs is 1. The second-order valence-corrected chi connectivity index (χ2v) is 9.16. The van der Waals surface area contributed by atoms with Crippen molar-refractivity contribution in [1.82, 2.24) is 9.88 Å². The van der Waals surface area contributed by atoms with Crippen LogP contribution in [0.3, 0.4) is 0 Å². The number of hydrogen-bond acceptors (Lipinski definition) is 5. The van der Waals surface area contributed by atoms with Crippen LogP contribution in [-0.4, -0.2) is 48.6 Å². The smallest absolute Gasteiger partial charge is 0.211 e. The predicted octanol–water partition coefficient (Wildman–Crippen LogP) is 4.26. The summed E-state index contributed by atoms with van der Waals surface area (Å²) in [6.45, 7) is 9.29. The van der Waals surface area contributed by atoms with Gasteiger partial charge in [0.15, 0.2) is 0 Å². The lowest BCUT2D eigenvalue weighted by atomic mass is 9.83. The SMILES string of the molecule is Cc1cccc(C2(C)C=CC(C)N2C=O)c1-c1ccc2nc(N)c(N3CCOCC3)cc2c1. The minimum absolute atomic E-state index is 0.0562. The zero-order valence-electron chi connectivity index (χ0n) is 19.4. The van der Waals surface area contributed by atoms with Gasteiger partial charge in [-0.25, -0.2) is 4.98 Å². The summed E-state index contributed by atoms with van der Waals surface area (Å²) in [7, 11) is 0. The Kier molecular flexibility index (Phi) is 5.33. The Balaban J connectivity index is 1.65. The number of pyridine rings is 1. The average Bonchev–Trinajstić information content (AvgIpc) is 3.13.